The van der Waals surface area contributed by atoms with Crippen LogP contribution in [0.1, 0.15) is 37.7 Å². The van der Waals surface area contributed by atoms with Crippen LogP contribution in [0.4, 0.5) is 10.5 Å². The number of nitrogens with zero attached hydrogens (tertiary/aromatic N) is 1. The van der Waals surface area contributed by atoms with E-state index in [4.69, 9.17) is 5.73 Å². The second-order valence-corrected chi connectivity index (χ2v) is 13.6. The number of nitrogens with two attached hydrogens (primary N) is 1. The lowest BCUT2D eigenvalue weighted by Gasteiger charge is -2.48. The molecule has 2 fully saturated rings. The van der Waals surface area contributed by atoms with Crippen LogP contribution in [0.2, 0.25) is 0 Å². The van der Waals surface area contributed by atoms with E-state index in [9.17, 15) is 27.9 Å². The predicted molar refractivity (Wildman–Crippen MR) is 159 cm³/mol. The number of rotatable bonds is 7. The molecule has 4 N–H and O–H groups in total. The number of nitrogens with one attached hydrogen (secondary N) is 1. The van der Waals surface area contributed by atoms with Crippen molar-refractivity contribution in [1.29, 1.82) is 0 Å². The van der Waals surface area contributed by atoms with Gasteiger partial charge in [0, 0.05) is 24.7 Å². The normalized spacial score (nSPS) is 22.4. The van der Waals surface area contributed by atoms with Gasteiger partial charge in [0.25, 0.3) is 11.1 Å². The molecule has 2 amide bonds. The van der Waals surface area contributed by atoms with Crippen molar-refractivity contribution in [2.45, 2.75) is 54.3 Å². The van der Waals surface area contributed by atoms with Crippen molar-refractivity contribution >= 4 is 56.0 Å². The van der Waals surface area contributed by atoms with Gasteiger partial charge in [-0.3, -0.25) is 14.4 Å². The number of piperidine rings is 1. The van der Waals surface area contributed by atoms with Crippen LogP contribution in [0.15, 0.2) is 71.6 Å². The van der Waals surface area contributed by atoms with E-state index >= 15 is 0 Å². The van der Waals surface area contributed by atoms with Crippen molar-refractivity contribution < 1.29 is 27.9 Å². The van der Waals surface area contributed by atoms with E-state index in [1.807, 2.05) is 12.1 Å². The summed E-state index contributed by atoms with van der Waals surface area (Å²) in [5, 5.41) is 13.3. The van der Waals surface area contributed by atoms with Crippen molar-refractivity contribution in [2.75, 3.05) is 11.9 Å². The zero-order valence-electron chi connectivity index (χ0n) is 22.4. The number of benzene rings is 3. The Morgan fingerprint density at radius 3 is 2.44 bits per heavy atom. The first-order valence-corrected chi connectivity index (χ1v) is 15.6. The number of amides is 2. The number of sulfone groups is 1. The van der Waals surface area contributed by atoms with Gasteiger partial charge in [-0.1, -0.05) is 67.9 Å². The summed E-state index contributed by atoms with van der Waals surface area (Å²) < 4.78 is 28.9. The molecule has 3 aromatic carbocycles. The molecule has 0 spiro atoms. The first-order chi connectivity index (χ1) is 19.5. The van der Waals surface area contributed by atoms with Crippen molar-refractivity contribution in [3.8, 4) is 0 Å². The Hall–Kier alpha value is -3.41. The van der Waals surface area contributed by atoms with E-state index in [1.165, 1.54) is 17.0 Å². The molecule has 4 atom stereocenters. The Balaban J connectivity index is 1.59. The van der Waals surface area contributed by atoms with Crippen LogP contribution >= 0.6 is 12.6 Å². The lowest BCUT2D eigenvalue weighted by molar-refractivity contribution is -0.154. The first kappa shape index (κ1) is 29.1. The third-order valence-corrected chi connectivity index (χ3v) is 10.7. The van der Waals surface area contributed by atoms with Gasteiger partial charge >= 0.3 is 5.97 Å². The minimum absolute atomic E-state index is 0.0764. The summed E-state index contributed by atoms with van der Waals surface area (Å²) in [6, 6.07) is 18.1. The smallest absolute Gasteiger partial charge is 0.306 e. The number of aliphatic carboxylic acids is 1. The highest BCUT2D eigenvalue weighted by Gasteiger charge is 2.54. The second kappa shape index (κ2) is 11.5. The molecule has 1 saturated heterocycles. The van der Waals surface area contributed by atoms with Crippen LogP contribution < -0.4 is 11.1 Å². The molecule has 0 bridgehead atoms. The standard InChI is InChI=1S/C30H33N3O6S2/c31-30(18-19-6-5-9-22(16-19)32-29(37)40,41(38,39)23-13-12-20-7-1-2-8-21(20)17-23)28(36)33-15-14-25(27(34)35)24-10-3-4-11-26(24)33/h1-2,5-9,12-13,16-17,24-26H,3-4,10-11,14-15,18,31H2,(H,34,35)(H2,32,37,40)/t24?,25?,26?,30-/m1/s1. The molecule has 1 heterocycles. The van der Waals surface area contributed by atoms with E-state index in [0.29, 0.717) is 29.5 Å². The van der Waals surface area contributed by atoms with Gasteiger partial charge in [0.15, 0.2) is 0 Å². The van der Waals surface area contributed by atoms with Crippen molar-refractivity contribution in [3.05, 3.63) is 72.3 Å². The van der Waals surface area contributed by atoms with Crippen molar-refractivity contribution in [2.24, 2.45) is 17.6 Å². The van der Waals surface area contributed by atoms with Gasteiger partial charge in [0.05, 0.1) is 10.8 Å². The second-order valence-electron chi connectivity index (χ2n) is 11.0. The molecule has 1 aliphatic heterocycles. The molecule has 9 nitrogen and oxygen atoms in total. The number of thiol groups is 1. The lowest BCUT2D eigenvalue weighted by atomic mass is 9.71. The summed E-state index contributed by atoms with van der Waals surface area (Å²) in [5.41, 5.74) is 7.65. The van der Waals surface area contributed by atoms with Gasteiger partial charge in [-0.2, -0.15) is 0 Å². The number of carboxylic acids is 1. The number of anilines is 1. The molecule has 1 saturated carbocycles. The Morgan fingerprint density at radius 1 is 0.976 bits per heavy atom. The number of carbonyl (C=O) groups is 3. The monoisotopic (exact) mass is 595 g/mol. The Morgan fingerprint density at radius 2 is 1.71 bits per heavy atom. The molecule has 0 aromatic heterocycles. The van der Waals surface area contributed by atoms with Crippen LogP contribution in [0, 0.1) is 11.8 Å². The Kier molecular flexibility index (Phi) is 8.13. The number of fused-ring (bicyclic) bond motifs is 2. The van der Waals surface area contributed by atoms with E-state index in [-0.39, 0.29) is 30.2 Å². The van der Waals surface area contributed by atoms with Crippen LogP contribution in [-0.4, -0.2) is 53.0 Å². The third kappa shape index (κ3) is 5.58. The average molecular weight is 596 g/mol. The summed E-state index contributed by atoms with van der Waals surface area (Å²) in [6.07, 6.45) is 2.81. The highest BCUT2D eigenvalue weighted by molar-refractivity contribution is 7.96. The number of hydrogen-bond donors (Lipinski definition) is 4. The van der Waals surface area contributed by atoms with Gasteiger partial charge in [-0.15, -0.1) is 0 Å². The van der Waals surface area contributed by atoms with Crippen LogP contribution in [-0.2, 0) is 25.8 Å². The fraction of sp³-hybridized carbons (Fsp3) is 0.367. The van der Waals surface area contributed by atoms with Crippen LogP contribution in [0.3, 0.4) is 0 Å². The summed E-state index contributed by atoms with van der Waals surface area (Å²) in [5.74, 6) is -2.48. The maximum Gasteiger partial charge on any atom is 0.306 e. The molecule has 5 rings (SSSR count). The Bertz CT molecular complexity index is 1610. The van der Waals surface area contributed by atoms with Crippen LogP contribution in [0.25, 0.3) is 10.8 Å². The van der Waals surface area contributed by atoms with Crippen LogP contribution in [0.5, 0.6) is 0 Å². The van der Waals surface area contributed by atoms with E-state index < -0.39 is 43.8 Å². The van der Waals surface area contributed by atoms with Gasteiger partial charge in [-0.05, 0) is 65.8 Å². The highest BCUT2D eigenvalue weighted by atomic mass is 32.2. The number of likely N-dealkylation sites (tertiary alicyclic amines) is 1. The fourth-order valence-corrected chi connectivity index (χ4v) is 8.26. The zero-order chi connectivity index (χ0) is 29.4. The molecule has 0 radical (unpaired) electrons. The van der Waals surface area contributed by atoms with E-state index in [1.54, 1.807) is 42.5 Å². The minimum Gasteiger partial charge on any atom is -0.481 e. The van der Waals surface area contributed by atoms with Gasteiger partial charge < -0.3 is 21.1 Å². The van der Waals surface area contributed by atoms with E-state index in [0.717, 1.165) is 18.2 Å². The molecule has 2 aliphatic rings. The highest BCUT2D eigenvalue weighted by Crippen LogP contribution is 2.41. The molecule has 11 heteroatoms. The molecular formula is C30H33N3O6S2. The first-order valence-electron chi connectivity index (χ1n) is 13.7. The largest absolute Gasteiger partial charge is 0.481 e. The molecule has 216 valence electrons. The topological polar surface area (TPSA) is 147 Å². The summed E-state index contributed by atoms with van der Waals surface area (Å²) in [7, 11) is -4.47. The lowest BCUT2D eigenvalue weighted by Crippen LogP contribution is -2.66. The Labute approximate surface area is 244 Å². The molecular weight excluding hydrogens is 562 g/mol. The molecule has 41 heavy (non-hydrogen) atoms. The van der Waals surface area contributed by atoms with Crippen molar-refractivity contribution in [3.63, 3.8) is 0 Å². The third-order valence-electron chi connectivity index (χ3n) is 8.48. The predicted octanol–water partition coefficient (Wildman–Crippen LogP) is 4.46. The van der Waals surface area contributed by atoms with Gasteiger partial charge in [0.1, 0.15) is 0 Å². The summed E-state index contributed by atoms with van der Waals surface area (Å²) >= 11 is 3.75. The quantitative estimate of drug-likeness (QED) is 0.295. The van der Waals surface area contributed by atoms with E-state index in [2.05, 4.69) is 17.9 Å². The molecule has 1 aliphatic carbocycles. The number of carbonyl (C=O) groups excluding carboxylic acids is 2. The number of hydrogen-bond acceptors (Lipinski definition) is 6. The molecule has 3 aromatic rings. The van der Waals surface area contributed by atoms with Crippen molar-refractivity contribution in [1.82, 2.24) is 4.90 Å². The number of carboxylic acid groups (broad SMARTS) is 1. The zero-order valence-corrected chi connectivity index (χ0v) is 24.1. The maximum atomic E-state index is 14.5. The average Bonchev–Trinajstić information content (AvgIpc) is 2.95. The minimum atomic E-state index is -4.47. The summed E-state index contributed by atoms with van der Waals surface area (Å²) in [6.45, 7) is 0.110. The fourth-order valence-electron chi connectivity index (χ4n) is 6.47. The SMILES string of the molecule is N[C@@](Cc1cccc(NC(=O)S)c1)(C(=O)N1CCC(C(=O)O)C2CCCCC21)S(=O)(=O)c1ccc2ccccc2c1. The van der Waals surface area contributed by atoms with Gasteiger partial charge in [0.2, 0.25) is 14.7 Å². The maximum absolute atomic E-state index is 14.5. The summed E-state index contributed by atoms with van der Waals surface area (Å²) in [4.78, 5) is 37.1. The van der Waals surface area contributed by atoms with Gasteiger partial charge in [-0.25, -0.2) is 8.42 Å². The molecule has 3 unspecified atom stereocenters.